The minimum Gasteiger partial charge on any atom is -0.493 e. The molecule has 0 spiro atoms. The number of anilines is 1. The van der Waals surface area contributed by atoms with E-state index in [4.69, 9.17) is 10.5 Å². The Morgan fingerprint density at radius 2 is 1.90 bits per heavy atom. The third kappa shape index (κ3) is 5.31. The molecular weight excluding hydrogens is 267 g/mol. The molecule has 0 heterocycles. The maximum Gasteiger partial charge on any atom is 0.416 e. The van der Waals surface area contributed by atoms with Crippen LogP contribution >= 0.6 is 0 Å². The molecule has 0 aliphatic heterocycles. The van der Waals surface area contributed by atoms with E-state index in [1.54, 1.807) is 0 Å². The summed E-state index contributed by atoms with van der Waals surface area (Å²) in [6.07, 6.45) is -0.213. The van der Waals surface area contributed by atoms with Crippen LogP contribution in [0.1, 0.15) is 45.1 Å². The van der Waals surface area contributed by atoms with Gasteiger partial charge in [0.15, 0.2) is 0 Å². The van der Waals surface area contributed by atoms with Gasteiger partial charge in [-0.1, -0.05) is 33.1 Å². The van der Waals surface area contributed by atoms with Crippen molar-refractivity contribution in [1.82, 2.24) is 0 Å². The fourth-order valence-electron chi connectivity index (χ4n) is 1.98. The van der Waals surface area contributed by atoms with Gasteiger partial charge in [0.25, 0.3) is 0 Å². The fraction of sp³-hybridized carbons (Fsp3) is 0.600. The molecular formula is C15H22F3NO. The van der Waals surface area contributed by atoms with Gasteiger partial charge in [-0.2, -0.15) is 13.2 Å². The molecule has 1 aromatic rings. The van der Waals surface area contributed by atoms with Crippen LogP contribution in [0, 0.1) is 5.92 Å². The molecule has 1 atom stereocenters. The predicted molar refractivity (Wildman–Crippen MR) is 74.7 cm³/mol. The summed E-state index contributed by atoms with van der Waals surface area (Å²) in [5, 5.41) is 0. The normalized spacial score (nSPS) is 13.2. The van der Waals surface area contributed by atoms with Crippen LogP contribution in [0.25, 0.3) is 0 Å². The van der Waals surface area contributed by atoms with E-state index < -0.39 is 11.7 Å². The van der Waals surface area contributed by atoms with Gasteiger partial charge in [-0.15, -0.1) is 0 Å². The summed E-state index contributed by atoms with van der Waals surface area (Å²) in [7, 11) is 0. The van der Waals surface area contributed by atoms with Crippen molar-refractivity contribution in [2.45, 2.75) is 45.7 Å². The number of nitrogens with two attached hydrogens (primary N) is 1. The van der Waals surface area contributed by atoms with Crippen molar-refractivity contribution in [3.05, 3.63) is 23.8 Å². The van der Waals surface area contributed by atoms with E-state index >= 15 is 0 Å². The SMILES string of the molecule is CCCCC(CC)COc1cc(N)cc(C(F)(F)F)c1. The van der Waals surface area contributed by atoms with Gasteiger partial charge in [0.05, 0.1) is 12.2 Å². The highest BCUT2D eigenvalue weighted by Gasteiger charge is 2.31. The van der Waals surface area contributed by atoms with Gasteiger partial charge < -0.3 is 10.5 Å². The van der Waals surface area contributed by atoms with E-state index in [0.29, 0.717) is 12.5 Å². The molecule has 0 aliphatic carbocycles. The molecule has 0 aromatic heterocycles. The average Bonchev–Trinajstić information content (AvgIpc) is 2.37. The molecule has 2 nitrogen and oxygen atoms in total. The maximum absolute atomic E-state index is 12.7. The standard InChI is InChI=1S/C15H22F3NO/c1-3-5-6-11(4-2)10-20-14-8-12(15(16,17)18)7-13(19)9-14/h7-9,11H,3-6,10,19H2,1-2H3. The van der Waals surface area contributed by atoms with Crippen LogP contribution in [-0.2, 0) is 6.18 Å². The fourth-order valence-corrected chi connectivity index (χ4v) is 1.98. The van der Waals surface area contributed by atoms with Crippen LogP contribution < -0.4 is 10.5 Å². The molecule has 0 radical (unpaired) electrons. The first-order valence-corrected chi connectivity index (χ1v) is 6.97. The molecule has 0 amide bonds. The zero-order chi connectivity index (χ0) is 15.2. The van der Waals surface area contributed by atoms with Crippen LogP contribution in [-0.4, -0.2) is 6.61 Å². The lowest BCUT2D eigenvalue weighted by Gasteiger charge is -2.17. The lowest BCUT2D eigenvalue weighted by molar-refractivity contribution is -0.137. The molecule has 2 N–H and O–H groups in total. The highest BCUT2D eigenvalue weighted by Crippen LogP contribution is 2.33. The van der Waals surface area contributed by atoms with Crippen molar-refractivity contribution in [3.63, 3.8) is 0 Å². The first kappa shape index (κ1) is 16.7. The zero-order valence-corrected chi connectivity index (χ0v) is 12.0. The first-order chi connectivity index (χ1) is 9.36. The lowest BCUT2D eigenvalue weighted by atomic mass is 10.0. The van der Waals surface area contributed by atoms with Crippen LogP contribution in [0.2, 0.25) is 0 Å². The average molecular weight is 289 g/mol. The van der Waals surface area contributed by atoms with Crippen molar-refractivity contribution < 1.29 is 17.9 Å². The molecule has 114 valence electrons. The molecule has 1 aromatic carbocycles. The second kappa shape index (κ2) is 7.41. The Morgan fingerprint density at radius 3 is 2.45 bits per heavy atom. The maximum atomic E-state index is 12.7. The summed E-state index contributed by atoms with van der Waals surface area (Å²) in [6.45, 7) is 4.60. The number of hydrogen-bond acceptors (Lipinski definition) is 2. The van der Waals surface area contributed by atoms with Crippen LogP contribution in [0.15, 0.2) is 18.2 Å². The molecule has 0 saturated carbocycles. The molecule has 0 bridgehead atoms. The zero-order valence-electron chi connectivity index (χ0n) is 12.0. The van der Waals surface area contributed by atoms with Gasteiger partial charge in [0.2, 0.25) is 0 Å². The van der Waals surface area contributed by atoms with Gasteiger partial charge in [-0.3, -0.25) is 0 Å². The second-order valence-electron chi connectivity index (χ2n) is 5.02. The topological polar surface area (TPSA) is 35.2 Å². The molecule has 0 fully saturated rings. The van der Waals surface area contributed by atoms with E-state index in [9.17, 15) is 13.2 Å². The summed E-state index contributed by atoms with van der Waals surface area (Å²) in [5.41, 5.74) is 4.79. The highest BCUT2D eigenvalue weighted by molar-refractivity contribution is 5.48. The Morgan fingerprint density at radius 1 is 1.20 bits per heavy atom. The third-order valence-corrected chi connectivity index (χ3v) is 3.29. The summed E-state index contributed by atoms with van der Waals surface area (Å²) in [4.78, 5) is 0. The van der Waals surface area contributed by atoms with Crippen LogP contribution in [0.4, 0.5) is 18.9 Å². The summed E-state index contributed by atoms with van der Waals surface area (Å²) in [5.74, 6) is 0.554. The number of hydrogen-bond donors (Lipinski definition) is 1. The van der Waals surface area contributed by atoms with E-state index in [2.05, 4.69) is 13.8 Å². The van der Waals surface area contributed by atoms with Gasteiger partial charge in [-0.05, 0) is 24.5 Å². The molecule has 20 heavy (non-hydrogen) atoms. The Kier molecular flexibility index (Phi) is 6.17. The number of benzene rings is 1. The summed E-state index contributed by atoms with van der Waals surface area (Å²) < 4.78 is 43.5. The number of alkyl halides is 3. The number of ether oxygens (including phenoxy) is 1. The van der Waals surface area contributed by atoms with Crippen LogP contribution in [0.3, 0.4) is 0 Å². The van der Waals surface area contributed by atoms with Crippen molar-refractivity contribution in [2.75, 3.05) is 12.3 Å². The lowest BCUT2D eigenvalue weighted by Crippen LogP contribution is -2.12. The van der Waals surface area contributed by atoms with E-state index in [0.717, 1.165) is 37.8 Å². The third-order valence-electron chi connectivity index (χ3n) is 3.29. The smallest absolute Gasteiger partial charge is 0.416 e. The minimum atomic E-state index is -4.40. The van der Waals surface area contributed by atoms with Crippen molar-refractivity contribution in [1.29, 1.82) is 0 Å². The molecule has 1 unspecified atom stereocenters. The molecule has 0 aliphatic rings. The van der Waals surface area contributed by atoms with Gasteiger partial charge >= 0.3 is 6.18 Å². The van der Waals surface area contributed by atoms with Gasteiger partial charge in [-0.25, -0.2) is 0 Å². The monoisotopic (exact) mass is 289 g/mol. The Labute approximate surface area is 118 Å². The molecule has 1 rings (SSSR count). The van der Waals surface area contributed by atoms with Crippen LogP contribution in [0.5, 0.6) is 5.75 Å². The Hall–Kier alpha value is -1.39. The number of rotatable bonds is 7. The number of unbranched alkanes of at least 4 members (excludes halogenated alkanes) is 1. The van der Waals surface area contributed by atoms with Crippen molar-refractivity contribution in [3.8, 4) is 5.75 Å². The Balaban J connectivity index is 2.70. The summed E-state index contributed by atoms with van der Waals surface area (Å²) >= 11 is 0. The second-order valence-corrected chi connectivity index (χ2v) is 5.02. The first-order valence-electron chi connectivity index (χ1n) is 6.97. The number of halogens is 3. The molecule has 5 heteroatoms. The minimum absolute atomic E-state index is 0.0661. The van der Waals surface area contributed by atoms with E-state index in [-0.39, 0.29) is 11.4 Å². The van der Waals surface area contributed by atoms with E-state index in [1.807, 2.05) is 0 Å². The quantitative estimate of drug-likeness (QED) is 0.726. The van der Waals surface area contributed by atoms with Crippen molar-refractivity contribution in [2.24, 2.45) is 5.92 Å². The Bertz CT molecular complexity index is 418. The van der Waals surface area contributed by atoms with Gasteiger partial charge in [0.1, 0.15) is 5.75 Å². The highest BCUT2D eigenvalue weighted by atomic mass is 19.4. The molecule has 0 saturated heterocycles. The van der Waals surface area contributed by atoms with Gasteiger partial charge in [0, 0.05) is 11.8 Å². The largest absolute Gasteiger partial charge is 0.493 e. The summed E-state index contributed by atoms with van der Waals surface area (Å²) in [6, 6.07) is 3.35. The predicted octanol–water partition coefficient (Wildman–Crippen LogP) is 4.88. The van der Waals surface area contributed by atoms with Crippen molar-refractivity contribution >= 4 is 5.69 Å². The number of nitrogen functional groups attached to an aromatic ring is 1. The van der Waals surface area contributed by atoms with E-state index in [1.165, 1.54) is 6.07 Å².